The van der Waals surface area contributed by atoms with Crippen LogP contribution in [0.5, 0.6) is 11.5 Å². The Labute approximate surface area is 169 Å². The quantitative estimate of drug-likeness (QED) is 0.774. The lowest BCUT2D eigenvalue weighted by Gasteiger charge is -2.31. The van der Waals surface area contributed by atoms with Crippen molar-refractivity contribution >= 4 is 21.6 Å². The lowest BCUT2D eigenvalue weighted by atomic mass is 9.98. The maximum Gasteiger partial charge on any atom is 0.243 e. The summed E-state index contributed by atoms with van der Waals surface area (Å²) in [5.41, 5.74) is 0.533. The minimum Gasteiger partial charge on any atom is -0.493 e. The molecule has 156 valence electrons. The molecular weight excluding hydrogens is 399 g/mol. The summed E-state index contributed by atoms with van der Waals surface area (Å²) in [5, 5.41) is 2.81. The third kappa shape index (κ3) is 4.68. The number of sulfonamides is 1. The maximum atomic E-state index is 13.1. The molecule has 0 spiro atoms. The summed E-state index contributed by atoms with van der Waals surface area (Å²) in [5.74, 6) is -0.243. The van der Waals surface area contributed by atoms with E-state index in [1.807, 2.05) is 0 Å². The Morgan fingerprint density at radius 1 is 1.10 bits per heavy atom. The molecule has 29 heavy (non-hydrogen) atoms. The van der Waals surface area contributed by atoms with Crippen LogP contribution in [-0.4, -0.2) is 45.9 Å². The van der Waals surface area contributed by atoms with Crippen molar-refractivity contribution in [1.82, 2.24) is 4.31 Å². The van der Waals surface area contributed by atoms with Gasteiger partial charge in [0.05, 0.1) is 25.0 Å². The Kier molecular flexibility index (Phi) is 6.39. The molecule has 1 amide bonds. The number of anilines is 1. The molecule has 1 aliphatic heterocycles. The smallest absolute Gasteiger partial charge is 0.243 e. The van der Waals surface area contributed by atoms with Crippen molar-refractivity contribution in [2.75, 3.05) is 32.6 Å². The van der Waals surface area contributed by atoms with E-state index >= 15 is 0 Å². The monoisotopic (exact) mass is 422 g/mol. The predicted octanol–water partition coefficient (Wildman–Crippen LogP) is 2.88. The van der Waals surface area contributed by atoms with E-state index in [-0.39, 0.29) is 17.3 Å². The van der Waals surface area contributed by atoms with E-state index in [9.17, 15) is 17.6 Å². The molecule has 1 aliphatic rings. The molecule has 1 atom stereocenters. The summed E-state index contributed by atoms with van der Waals surface area (Å²) in [6.45, 7) is 0.388. The summed E-state index contributed by atoms with van der Waals surface area (Å²) < 4.78 is 50.4. The third-order valence-electron chi connectivity index (χ3n) is 4.86. The average Bonchev–Trinajstić information content (AvgIpc) is 2.74. The highest BCUT2D eigenvalue weighted by Crippen LogP contribution is 2.30. The summed E-state index contributed by atoms with van der Waals surface area (Å²) in [6.07, 6.45) is 1.14. The van der Waals surface area contributed by atoms with Gasteiger partial charge in [-0.1, -0.05) is 0 Å². The summed E-state index contributed by atoms with van der Waals surface area (Å²) in [6, 6.07) is 9.70. The molecule has 0 bridgehead atoms. The molecule has 2 aromatic carbocycles. The van der Waals surface area contributed by atoms with Crippen LogP contribution in [0.1, 0.15) is 12.8 Å². The average molecular weight is 422 g/mol. The predicted molar refractivity (Wildman–Crippen MR) is 106 cm³/mol. The lowest BCUT2D eigenvalue weighted by Crippen LogP contribution is -2.43. The number of carbonyl (C=O) groups is 1. The summed E-state index contributed by atoms with van der Waals surface area (Å²) >= 11 is 0. The van der Waals surface area contributed by atoms with Crippen LogP contribution in [0, 0.1) is 11.7 Å². The van der Waals surface area contributed by atoms with Gasteiger partial charge in [0.1, 0.15) is 5.82 Å². The zero-order chi connectivity index (χ0) is 21.0. The number of carbonyl (C=O) groups excluding carboxylic acids is 1. The molecule has 1 N–H and O–H groups in total. The minimum atomic E-state index is -3.79. The van der Waals surface area contributed by atoms with E-state index in [1.165, 1.54) is 30.7 Å². The van der Waals surface area contributed by atoms with Crippen molar-refractivity contribution in [1.29, 1.82) is 0 Å². The number of hydrogen-bond acceptors (Lipinski definition) is 5. The van der Waals surface area contributed by atoms with Crippen LogP contribution in [0.2, 0.25) is 0 Å². The normalized spacial score (nSPS) is 17.6. The number of hydrogen-bond donors (Lipinski definition) is 1. The van der Waals surface area contributed by atoms with Crippen LogP contribution in [-0.2, 0) is 14.8 Å². The Morgan fingerprint density at radius 3 is 2.45 bits per heavy atom. The van der Waals surface area contributed by atoms with Gasteiger partial charge in [0.15, 0.2) is 11.5 Å². The molecule has 1 fully saturated rings. The van der Waals surface area contributed by atoms with Gasteiger partial charge in [0, 0.05) is 24.8 Å². The van der Waals surface area contributed by atoms with Gasteiger partial charge in [-0.2, -0.15) is 4.31 Å². The first-order valence-electron chi connectivity index (χ1n) is 9.13. The first-order valence-corrected chi connectivity index (χ1v) is 10.6. The van der Waals surface area contributed by atoms with Gasteiger partial charge < -0.3 is 14.8 Å². The van der Waals surface area contributed by atoms with Gasteiger partial charge in [-0.25, -0.2) is 12.8 Å². The van der Waals surface area contributed by atoms with Crippen molar-refractivity contribution in [2.24, 2.45) is 5.92 Å². The van der Waals surface area contributed by atoms with Gasteiger partial charge in [-0.3, -0.25) is 4.79 Å². The molecule has 0 saturated carbocycles. The first-order chi connectivity index (χ1) is 13.8. The number of amides is 1. The zero-order valence-corrected chi connectivity index (χ0v) is 17.0. The molecule has 0 radical (unpaired) electrons. The fourth-order valence-corrected chi connectivity index (χ4v) is 4.81. The number of piperidine rings is 1. The third-order valence-corrected chi connectivity index (χ3v) is 6.74. The number of rotatable bonds is 6. The van der Waals surface area contributed by atoms with E-state index < -0.39 is 21.8 Å². The van der Waals surface area contributed by atoms with Crippen molar-refractivity contribution < 1.29 is 27.1 Å². The lowest BCUT2D eigenvalue weighted by molar-refractivity contribution is -0.120. The second kappa shape index (κ2) is 8.79. The van der Waals surface area contributed by atoms with Gasteiger partial charge in [0.2, 0.25) is 15.9 Å². The number of halogens is 1. The SMILES string of the molecule is COc1ccc(NC(=O)[C@H]2CCCN(S(=O)(=O)c3ccc(F)cc3)C2)cc1OC. The highest BCUT2D eigenvalue weighted by atomic mass is 32.2. The molecule has 3 rings (SSSR count). The molecular formula is C20H23FN2O5S. The van der Waals surface area contributed by atoms with Crippen molar-refractivity contribution in [3.05, 3.63) is 48.3 Å². The summed E-state index contributed by atoms with van der Waals surface area (Å²) in [7, 11) is -0.763. The Hall–Kier alpha value is -2.65. The molecule has 9 heteroatoms. The van der Waals surface area contributed by atoms with Crippen molar-refractivity contribution in [3.8, 4) is 11.5 Å². The van der Waals surface area contributed by atoms with E-state index in [0.29, 0.717) is 36.6 Å². The first kappa shape index (κ1) is 21.1. The van der Waals surface area contributed by atoms with E-state index in [2.05, 4.69) is 5.32 Å². The Bertz CT molecular complexity index is 979. The number of nitrogens with one attached hydrogen (secondary N) is 1. The van der Waals surface area contributed by atoms with Crippen molar-refractivity contribution in [2.45, 2.75) is 17.7 Å². The van der Waals surface area contributed by atoms with Crippen LogP contribution in [0.15, 0.2) is 47.4 Å². The van der Waals surface area contributed by atoms with Crippen LogP contribution in [0.4, 0.5) is 10.1 Å². The van der Waals surface area contributed by atoms with E-state index in [1.54, 1.807) is 18.2 Å². The molecule has 0 aromatic heterocycles. The van der Waals surface area contributed by atoms with Gasteiger partial charge in [-0.15, -0.1) is 0 Å². The highest BCUT2D eigenvalue weighted by molar-refractivity contribution is 7.89. The summed E-state index contributed by atoms with van der Waals surface area (Å²) in [4.78, 5) is 12.7. The van der Waals surface area contributed by atoms with E-state index in [0.717, 1.165) is 12.1 Å². The van der Waals surface area contributed by atoms with Crippen LogP contribution < -0.4 is 14.8 Å². The van der Waals surface area contributed by atoms with Crippen molar-refractivity contribution in [3.63, 3.8) is 0 Å². The number of nitrogens with zero attached hydrogens (tertiary/aromatic N) is 1. The second-order valence-corrected chi connectivity index (χ2v) is 8.65. The fraction of sp³-hybridized carbons (Fsp3) is 0.350. The van der Waals surface area contributed by atoms with Crippen LogP contribution >= 0.6 is 0 Å². The Morgan fingerprint density at radius 2 is 1.79 bits per heavy atom. The van der Waals surface area contributed by atoms with Crippen LogP contribution in [0.25, 0.3) is 0 Å². The van der Waals surface area contributed by atoms with Gasteiger partial charge >= 0.3 is 0 Å². The molecule has 0 aliphatic carbocycles. The largest absolute Gasteiger partial charge is 0.493 e. The molecule has 2 aromatic rings. The molecule has 1 heterocycles. The van der Waals surface area contributed by atoms with Gasteiger partial charge in [0.25, 0.3) is 0 Å². The van der Waals surface area contributed by atoms with E-state index in [4.69, 9.17) is 9.47 Å². The molecule has 7 nitrogen and oxygen atoms in total. The highest BCUT2D eigenvalue weighted by Gasteiger charge is 2.33. The number of ether oxygens (including phenoxy) is 2. The molecule has 0 unspecified atom stereocenters. The Balaban J connectivity index is 1.72. The standard InChI is InChI=1S/C20H23FN2O5S/c1-27-18-10-7-16(12-19(18)28-2)22-20(24)14-4-3-11-23(13-14)29(25,26)17-8-5-15(21)6-9-17/h5-10,12,14H,3-4,11,13H2,1-2H3,(H,22,24)/t14-/m0/s1. The van der Waals surface area contributed by atoms with Crippen LogP contribution in [0.3, 0.4) is 0 Å². The second-order valence-electron chi connectivity index (χ2n) is 6.72. The number of methoxy groups -OCH3 is 2. The number of benzene rings is 2. The fourth-order valence-electron chi connectivity index (χ4n) is 3.29. The maximum absolute atomic E-state index is 13.1. The minimum absolute atomic E-state index is 0.0137. The molecule has 1 saturated heterocycles. The van der Waals surface area contributed by atoms with Gasteiger partial charge in [-0.05, 0) is 49.2 Å². The topological polar surface area (TPSA) is 84.9 Å². The zero-order valence-electron chi connectivity index (χ0n) is 16.2.